The molecule has 0 saturated heterocycles. The minimum atomic E-state index is -0.00711. The lowest BCUT2D eigenvalue weighted by Crippen LogP contribution is -2.39. The first-order valence-electron chi connectivity index (χ1n) is 8.67. The van der Waals surface area contributed by atoms with E-state index < -0.39 is 0 Å². The standard InChI is InChI=1S/C21H21N3O2/c1-23-19(10-11-22-23)21(25)24-14-17-12-18(26-2)9-8-16(17)13-20(24)15-6-4-3-5-7-15/h3-12,20H,13-14H2,1-2H3. The largest absolute Gasteiger partial charge is 0.497 e. The highest BCUT2D eigenvalue weighted by atomic mass is 16.5. The number of benzene rings is 2. The fraction of sp³-hybridized carbons (Fsp3) is 0.238. The molecule has 2 heterocycles. The lowest BCUT2D eigenvalue weighted by Gasteiger charge is -2.37. The predicted molar refractivity (Wildman–Crippen MR) is 99.0 cm³/mol. The van der Waals surface area contributed by atoms with E-state index in [1.807, 2.05) is 35.2 Å². The van der Waals surface area contributed by atoms with Crippen molar-refractivity contribution in [2.24, 2.45) is 7.05 Å². The third-order valence-corrected chi connectivity index (χ3v) is 5.03. The molecule has 1 aliphatic rings. The predicted octanol–water partition coefficient (Wildman–Crippen LogP) is 3.37. The van der Waals surface area contributed by atoms with Crippen LogP contribution in [0.2, 0.25) is 0 Å². The molecule has 4 rings (SSSR count). The molecule has 1 unspecified atom stereocenters. The molecule has 0 saturated carbocycles. The summed E-state index contributed by atoms with van der Waals surface area (Å²) in [5.41, 5.74) is 4.13. The quantitative estimate of drug-likeness (QED) is 0.730. The van der Waals surface area contributed by atoms with Crippen molar-refractivity contribution in [3.63, 3.8) is 0 Å². The van der Waals surface area contributed by atoms with Crippen molar-refractivity contribution in [2.75, 3.05) is 7.11 Å². The molecule has 1 amide bonds. The molecule has 1 aliphatic heterocycles. The third-order valence-electron chi connectivity index (χ3n) is 5.03. The van der Waals surface area contributed by atoms with Crippen LogP contribution in [0.15, 0.2) is 60.8 Å². The van der Waals surface area contributed by atoms with Gasteiger partial charge in [0.15, 0.2) is 0 Å². The summed E-state index contributed by atoms with van der Waals surface area (Å²) in [5.74, 6) is 0.808. The van der Waals surface area contributed by atoms with Crippen LogP contribution in [-0.2, 0) is 20.0 Å². The van der Waals surface area contributed by atoms with Crippen LogP contribution in [0, 0.1) is 0 Å². The zero-order valence-corrected chi connectivity index (χ0v) is 14.9. The number of amides is 1. The van der Waals surface area contributed by atoms with Crippen LogP contribution in [0.3, 0.4) is 0 Å². The number of methoxy groups -OCH3 is 1. The van der Waals surface area contributed by atoms with Gasteiger partial charge in [-0.15, -0.1) is 0 Å². The summed E-state index contributed by atoms with van der Waals surface area (Å²) in [4.78, 5) is 15.2. The molecule has 5 heteroatoms. The highest BCUT2D eigenvalue weighted by Crippen LogP contribution is 2.35. The lowest BCUT2D eigenvalue weighted by atomic mass is 9.89. The Bertz CT molecular complexity index is 933. The van der Waals surface area contributed by atoms with E-state index in [4.69, 9.17) is 4.74 Å². The zero-order valence-electron chi connectivity index (χ0n) is 14.9. The Morgan fingerprint density at radius 2 is 1.92 bits per heavy atom. The first-order valence-corrected chi connectivity index (χ1v) is 8.67. The van der Waals surface area contributed by atoms with Crippen LogP contribution in [0.1, 0.15) is 33.2 Å². The van der Waals surface area contributed by atoms with Crippen molar-refractivity contribution in [2.45, 2.75) is 19.0 Å². The summed E-state index contributed by atoms with van der Waals surface area (Å²) >= 11 is 0. The topological polar surface area (TPSA) is 47.4 Å². The van der Waals surface area contributed by atoms with Crippen molar-refractivity contribution in [1.29, 1.82) is 0 Å². The average molecular weight is 347 g/mol. The first kappa shape index (κ1) is 16.4. The van der Waals surface area contributed by atoms with E-state index in [-0.39, 0.29) is 11.9 Å². The van der Waals surface area contributed by atoms with Gasteiger partial charge < -0.3 is 9.64 Å². The summed E-state index contributed by atoms with van der Waals surface area (Å²) in [7, 11) is 3.46. The van der Waals surface area contributed by atoms with Crippen LogP contribution >= 0.6 is 0 Å². The Morgan fingerprint density at radius 3 is 2.62 bits per heavy atom. The molecule has 2 aromatic carbocycles. The summed E-state index contributed by atoms with van der Waals surface area (Å²) in [6.45, 7) is 0.552. The maximum atomic E-state index is 13.3. The van der Waals surface area contributed by atoms with Gasteiger partial charge in [-0.1, -0.05) is 36.4 Å². The van der Waals surface area contributed by atoms with Crippen LogP contribution in [0.5, 0.6) is 5.75 Å². The summed E-state index contributed by atoms with van der Waals surface area (Å²) in [6, 6.07) is 18.1. The number of aryl methyl sites for hydroxylation is 1. The molecule has 5 nitrogen and oxygen atoms in total. The molecule has 0 spiro atoms. The van der Waals surface area contributed by atoms with E-state index in [2.05, 4.69) is 23.3 Å². The Morgan fingerprint density at radius 1 is 1.12 bits per heavy atom. The number of rotatable bonds is 3. The van der Waals surface area contributed by atoms with Gasteiger partial charge in [-0.3, -0.25) is 9.48 Å². The monoisotopic (exact) mass is 347 g/mol. The molecule has 0 radical (unpaired) electrons. The van der Waals surface area contributed by atoms with Gasteiger partial charge in [0.05, 0.1) is 13.2 Å². The van der Waals surface area contributed by atoms with Crippen LogP contribution < -0.4 is 4.74 Å². The molecular formula is C21H21N3O2. The molecule has 1 aromatic heterocycles. The molecule has 0 aliphatic carbocycles. The third kappa shape index (κ3) is 2.86. The van der Waals surface area contributed by atoms with Crippen molar-refractivity contribution >= 4 is 5.91 Å². The molecule has 26 heavy (non-hydrogen) atoms. The second-order valence-corrected chi connectivity index (χ2v) is 6.54. The van der Waals surface area contributed by atoms with E-state index in [1.165, 1.54) is 5.56 Å². The van der Waals surface area contributed by atoms with Gasteiger partial charge >= 0.3 is 0 Å². The van der Waals surface area contributed by atoms with E-state index in [0.717, 1.165) is 23.3 Å². The van der Waals surface area contributed by atoms with E-state index in [9.17, 15) is 4.79 Å². The van der Waals surface area contributed by atoms with Crippen molar-refractivity contribution in [1.82, 2.24) is 14.7 Å². The number of aromatic nitrogens is 2. The van der Waals surface area contributed by atoms with Crippen LogP contribution in [-0.4, -0.2) is 27.7 Å². The number of hydrogen-bond donors (Lipinski definition) is 0. The molecule has 1 atom stereocenters. The maximum Gasteiger partial charge on any atom is 0.272 e. The molecule has 3 aromatic rings. The van der Waals surface area contributed by atoms with Crippen LogP contribution in [0.25, 0.3) is 0 Å². The Balaban J connectivity index is 1.77. The molecule has 132 valence electrons. The van der Waals surface area contributed by atoms with E-state index in [1.54, 1.807) is 31.1 Å². The summed E-state index contributed by atoms with van der Waals surface area (Å²) < 4.78 is 6.99. The SMILES string of the molecule is COc1ccc2c(c1)CN(C(=O)c1ccnn1C)C(c1ccccc1)C2. The molecule has 0 N–H and O–H groups in total. The number of nitrogens with zero attached hydrogens (tertiary/aromatic N) is 3. The number of fused-ring (bicyclic) bond motifs is 1. The van der Waals surface area contributed by atoms with Gasteiger partial charge in [0.25, 0.3) is 5.91 Å². The van der Waals surface area contributed by atoms with Gasteiger partial charge in [-0.2, -0.15) is 5.10 Å². The van der Waals surface area contributed by atoms with Crippen LogP contribution in [0.4, 0.5) is 0 Å². The minimum absolute atomic E-state index is 0.000468. The van der Waals surface area contributed by atoms with Gasteiger partial charge in [0.1, 0.15) is 11.4 Å². The molecule has 0 bridgehead atoms. The Labute approximate surface area is 152 Å². The highest BCUT2D eigenvalue weighted by Gasteiger charge is 2.32. The maximum absolute atomic E-state index is 13.3. The Hall–Kier alpha value is -3.08. The fourth-order valence-corrected chi connectivity index (χ4v) is 3.60. The first-order chi connectivity index (χ1) is 12.7. The van der Waals surface area contributed by atoms with Gasteiger partial charge in [0, 0.05) is 19.8 Å². The van der Waals surface area contributed by atoms with Crippen molar-refractivity contribution in [3.8, 4) is 5.75 Å². The van der Waals surface area contributed by atoms with Gasteiger partial charge in [0.2, 0.25) is 0 Å². The number of hydrogen-bond acceptors (Lipinski definition) is 3. The fourth-order valence-electron chi connectivity index (χ4n) is 3.60. The van der Waals surface area contributed by atoms with E-state index >= 15 is 0 Å². The van der Waals surface area contributed by atoms with Gasteiger partial charge in [-0.05, 0) is 41.3 Å². The number of carbonyl (C=O) groups is 1. The van der Waals surface area contributed by atoms with Crippen molar-refractivity contribution in [3.05, 3.63) is 83.2 Å². The molecular weight excluding hydrogens is 326 g/mol. The lowest BCUT2D eigenvalue weighted by molar-refractivity contribution is 0.0626. The second-order valence-electron chi connectivity index (χ2n) is 6.54. The average Bonchev–Trinajstić information content (AvgIpc) is 3.12. The minimum Gasteiger partial charge on any atom is -0.497 e. The normalized spacial score (nSPS) is 16.2. The van der Waals surface area contributed by atoms with Gasteiger partial charge in [-0.25, -0.2) is 0 Å². The second kappa shape index (κ2) is 6.67. The highest BCUT2D eigenvalue weighted by molar-refractivity contribution is 5.93. The summed E-state index contributed by atoms with van der Waals surface area (Å²) in [6.07, 6.45) is 2.44. The number of ether oxygens (including phenoxy) is 1. The number of carbonyl (C=O) groups excluding carboxylic acids is 1. The smallest absolute Gasteiger partial charge is 0.272 e. The van der Waals surface area contributed by atoms with Crippen molar-refractivity contribution < 1.29 is 9.53 Å². The van der Waals surface area contributed by atoms with E-state index in [0.29, 0.717) is 12.2 Å². The Kier molecular flexibility index (Phi) is 4.21. The zero-order chi connectivity index (χ0) is 18.1. The molecule has 0 fully saturated rings. The summed E-state index contributed by atoms with van der Waals surface area (Å²) in [5, 5.41) is 4.15.